The second kappa shape index (κ2) is 3.21. The molecule has 0 radical (unpaired) electrons. The van der Waals surface area contributed by atoms with Crippen molar-refractivity contribution in [3.63, 3.8) is 0 Å². The summed E-state index contributed by atoms with van der Waals surface area (Å²) >= 11 is 0. The van der Waals surface area contributed by atoms with Crippen LogP contribution in [0.15, 0.2) is 6.20 Å². The molecule has 0 bridgehead atoms. The molecule has 0 saturated heterocycles. The molecule has 1 nitrogen and oxygen atoms in total. The number of rotatable bonds is 2. The van der Waals surface area contributed by atoms with Crippen LogP contribution in [0.2, 0.25) is 0 Å². The topological polar surface area (TPSA) is 4.93 Å². The van der Waals surface area contributed by atoms with Crippen LogP contribution >= 0.6 is 0 Å². The van der Waals surface area contributed by atoms with E-state index in [-0.39, 0.29) is 0 Å². The van der Waals surface area contributed by atoms with E-state index in [4.69, 9.17) is 0 Å². The Morgan fingerprint density at radius 1 is 1.31 bits per heavy atom. The second-order valence-electron chi connectivity index (χ2n) is 4.62. The van der Waals surface area contributed by atoms with Gasteiger partial charge in [-0.15, -0.1) is 0 Å². The van der Waals surface area contributed by atoms with Crippen LogP contribution in [0.5, 0.6) is 0 Å². The SMILES string of the molecule is CCC(C)(C)c1c(C)cn(C)c1C. The van der Waals surface area contributed by atoms with E-state index in [9.17, 15) is 0 Å². The van der Waals surface area contributed by atoms with E-state index in [0.717, 1.165) is 0 Å². The Hall–Kier alpha value is -0.720. The molecule has 74 valence electrons. The monoisotopic (exact) mass is 179 g/mol. The smallest absolute Gasteiger partial charge is 0.0180 e. The van der Waals surface area contributed by atoms with Crippen LogP contribution in [-0.4, -0.2) is 4.57 Å². The normalized spacial score (nSPS) is 12.2. The summed E-state index contributed by atoms with van der Waals surface area (Å²) in [4.78, 5) is 0. The Kier molecular flexibility index (Phi) is 2.56. The highest BCUT2D eigenvalue weighted by Gasteiger charge is 2.24. The van der Waals surface area contributed by atoms with E-state index in [1.165, 1.54) is 23.2 Å². The highest BCUT2D eigenvalue weighted by molar-refractivity contribution is 5.36. The van der Waals surface area contributed by atoms with Crippen molar-refractivity contribution in [2.45, 2.75) is 46.5 Å². The van der Waals surface area contributed by atoms with Crippen LogP contribution in [0, 0.1) is 13.8 Å². The van der Waals surface area contributed by atoms with Crippen LogP contribution in [-0.2, 0) is 12.5 Å². The van der Waals surface area contributed by atoms with Crippen molar-refractivity contribution in [2.75, 3.05) is 0 Å². The highest BCUT2D eigenvalue weighted by Crippen LogP contribution is 2.32. The Balaban J connectivity index is 3.28. The molecule has 0 aliphatic carbocycles. The molecule has 0 aliphatic heterocycles. The molecular weight excluding hydrogens is 158 g/mol. The van der Waals surface area contributed by atoms with Gasteiger partial charge in [0.05, 0.1) is 0 Å². The first-order valence-corrected chi connectivity index (χ1v) is 5.03. The van der Waals surface area contributed by atoms with Crippen molar-refractivity contribution in [3.8, 4) is 0 Å². The minimum atomic E-state index is 0.315. The van der Waals surface area contributed by atoms with E-state index in [1.54, 1.807) is 0 Å². The largest absolute Gasteiger partial charge is 0.354 e. The van der Waals surface area contributed by atoms with Crippen molar-refractivity contribution in [1.82, 2.24) is 4.57 Å². The molecule has 0 saturated carbocycles. The molecule has 0 amide bonds. The molecule has 1 aromatic heterocycles. The molecule has 0 unspecified atom stereocenters. The first kappa shape index (κ1) is 10.4. The van der Waals surface area contributed by atoms with E-state index in [2.05, 4.69) is 52.4 Å². The van der Waals surface area contributed by atoms with Gasteiger partial charge in [0.2, 0.25) is 0 Å². The summed E-state index contributed by atoms with van der Waals surface area (Å²) in [7, 11) is 2.12. The molecule has 1 aromatic rings. The molecule has 1 rings (SSSR count). The van der Waals surface area contributed by atoms with E-state index in [0.29, 0.717) is 5.41 Å². The third-order valence-electron chi connectivity index (χ3n) is 3.23. The van der Waals surface area contributed by atoms with Gasteiger partial charge in [-0.1, -0.05) is 20.8 Å². The van der Waals surface area contributed by atoms with Gasteiger partial charge in [0.15, 0.2) is 0 Å². The maximum Gasteiger partial charge on any atom is 0.0180 e. The van der Waals surface area contributed by atoms with Crippen LogP contribution in [0.1, 0.15) is 44.0 Å². The Morgan fingerprint density at radius 2 is 1.85 bits per heavy atom. The molecule has 0 spiro atoms. The number of aromatic nitrogens is 1. The standard InChI is InChI=1S/C12H21N/c1-7-12(4,5)11-9(2)8-13(6)10(11)3/h8H,7H2,1-6H3. The fourth-order valence-corrected chi connectivity index (χ4v) is 2.11. The molecule has 1 heteroatoms. The summed E-state index contributed by atoms with van der Waals surface area (Å²) in [6.45, 7) is 11.3. The predicted molar refractivity (Wildman–Crippen MR) is 58.2 cm³/mol. The summed E-state index contributed by atoms with van der Waals surface area (Å²) in [6, 6.07) is 0. The molecule has 0 aromatic carbocycles. The average Bonchev–Trinajstić information content (AvgIpc) is 2.27. The molecule has 0 atom stereocenters. The van der Waals surface area contributed by atoms with Crippen molar-refractivity contribution in [2.24, 2.45) is 7.05 Å². The van der Waals surface area contributed by atoms with E-state index >= 15 is 0 Å². The van der Waals surface area contributed by atoms with Crippen molar-refractivity contribution >= 4 is 0 Å². The quantitative estimate of drug-likeness (QED) is 0.656. The summed E-state index contributed by atoms with van der Waals surface area (Å²) in [5, 5.41) is 0. The Labute approximate surface area is 81.8 Å². The minimum Gasteiger partial charge on any atom is -0.354 e. The van der Waals surface area contributed by atoms with Gasteiger partial charge >= 0.3 is 0 Å². The molecular formula is C12H21N. The van der Waals surface area contributed by atoms with Crippen LogP contribution in [0.4, 0.5) is 0 Å². The van der Waals surface area contributed by atoms with Gasteiger partial charge in [0.1, 0.15) is 0 Å². The number of hydrogen-bond acceptors (Lipinski definition) is 0. The van der Waals surface area contributed by atoms with Gasteiger partial charge in [-0.05, 0) is 36.8 Å². The molecule has 1 heterocycles. The highest BCUT2D eigenvalue weighted by atomic mass is 14.9. The van der Waals surface area contributed by atoms with Gasteiger partial charge in [0, 0.05) is 18.9 Å². The van der Waals surface area contributed by atoms with Crippen molar-refractivity contribution in [1.29, 1.82) is 0 Å². The van der Waals surface area contributed by atoms with Gasteiger partial charge in [-0.25, -0.2) is 0 Å². The third-order valence-corrected chi connectivity index (χ3v) is 3.23. The molecule has 0 aliphatic rings. The van der Waals surface area contributed by atoms with E-state index in [1.807, 2.05) is 0 Å². The number of nitrogens with zero attached hydrogens (tertiary/aromatic N) is 1. The second-order valence-corrected chi connectivity index (χ2v) is 4.62. The lowest BCUT2D eigenvalue weighted by Crippen LogP contribution is -2.17. The fraction of sp³-hybridized carbons (Fsp3) is 0.667. The summed E-state index contributed by atoms with van der Waals surface area (Å²) < 4.78 is 2.22. The first-order valence-electron chi connectivity index (χ1n) is 5.03. The fourth-order valence-electron chi connectivity index (χ4n) is 2.11. The Morgan fingerprint density at radius 3 is 2.15 bits per heavy atom. The van der Waals surface area contributed by atoms with Crippen LogP contribution < -0.4 is 0 Å². The van der Waals surface area contributed by atoms with Gasteiger partial charge in [-0.2, -0.15) is 0 Å². The molecule has 0 N–H and O–H groups in total. The maximum absolute atomic E-state index is 2.32. The Bertz CT molecular complexity index is 305. The summed E-state index contributed by atoms with van der Waals surface area (Å²) in [6.07, 6.45) is 3.42. The maximum atomic E-state index is 2.32. The predicted octanol–water partition coefficient (Wildman–Crippen LogP) is 3.33. The number of hydrogen-bond donors (Lipinski definition) is 0. The zero-order valence-corrected chi connectivity index (χ0v) is 9.73. The lowest BCUT2D eigenvalue weighted by molar-refractivity contribution is 0.499. The number of aryl methyl sites for hydroxylation is 2. The summed E-state index contributed by atoms with van der Waals surface area (Å²) in [5.41, 5.74) is 4.67. The van der Waals surface area contributed by atoms with Crippen molar-refractivity contribution < 1.29 is 0 Å². The first-order chi connectivity index (χ1) is 5.90. The van der Waals surface area contributed by atoms with Crippen LogP contribution in [0.3, 0.4) is 0 Å². The minimum absolute atomic E-state index is 0.315. The van der Waals surface area contributed by atoms with Gasteiger partial charge in [0.25, 0.3) is 0 Å². The lowest BCUT2D eigenvalue weighted by atomic mass is 9.80. The zero-order valence-electron chi connectivity index (χ0n) is 9.73. The lowest BCUT2D eigenvalue weighted by Gasteiger charge is -2.24. The van der Waals surface area contributed by atoms with Crippen molar-refractivity contribution in [3.05, 3.63) is 23.0 Å². The third kappa shape index (κ3) is 1.65. The summed E-state index contributed by atoms with van der Waals surface area (Å²) in [5.74, 6) is 0. The molecule has 0 fully saturated rings. The zero-order chi connectivity index (χ0) is 10.2. The van der Waals surface area contributed by atoms with Gasteiger partial charge < -0.3 is 4.57 Å². The average molecular weight is 179 g/mol. The molecule has 13 heavy (non-hydrogen) atoms. The van der Waals surface area contributed by atoms with E-state index < -0.39 is 0 Å². The van der Waals surface area contributed by atoms with Gasteiger partial charge in [-0.3, -0.25) is 0 Å². The van der Waals surface area contributed by atoms with Crippen LogP contribution in [0.25, 0.3) is 0 Å².